The topological polar surface area (TPSA) is 9.23 Å². The van der Waals surface area contributed by atoms with Crippen LogP contribution >= 0.6 is 0 Å². The van der Waals surface area contributed by atoms with E-state index in [0.29, 0.717) is 5.41 Å². The monoisotopic (exact) mass is 139 g/mol. The largest absolute Gasteiger partial charge is 0.378 e. The molecule has 2 bridgehead atoms. The van der Waals surface area contributed by atoms with E-state index in [1.807, 2.05) is 0 Å². The molecule has 2 saturated carbocycles. The van der Waals surface area contributed by atoms with Crippen molar-refractivity contribution in [2.24, 2.45) is 11.3 Å². The smallest absolute Gasteiger partial charge is 0.0700 e. The molecule has 2 aliphatic rings. The van der Waals surface area contributed by atoms with Crippen LogP contribution in [0.4, 0.5) is 0 Å². The molecule has 0 aromatic carbocycles. The highest BCUT2D eigenvalue weighted by Crippen LogP contribution is 2.53. The number of hydrogen-bond acceptors (Lipinski definition) is 1. The molecular weight excluding hydrogens is 124 g/mol. The lowest BCUT2D eigenvalue weighted by molar-refractivity contribution is 0.110. The first-order chi connectivity index (χ1) is 4.85. The minimum atomic E-state index is 0.576. The minimum Gasteiger partial charge on any atom is -0.378 e. The van der Waals surface area contributed by atoms with Gasteiger partial charge in [0.05, 0.1) is 13.7 Å². The van der Waals surface area contributed by atoms with E-state index in [2.05, 4.69) is 7.11 Å². The van der Waals surface area contributed by atoms with Crippen molar-refractivity contribution in [1.29, 1.82) is 0 Å². The Hall–Kier alpha value is -0.0400. The quantitative estimate of drug-likeness (QED) is 0.570. The standard InChI is InChI=1S/C9H15O/c1-10-7-9-4-2-8(6-9)3-5-9/h8H,1-7H2. The molecule has 2 fully saturated rings. The highest BCUT2D eigenvalue weighted by molar-refractivity contribution is 4.95. The number of ether oxygens (including phenoxy) is 1. The predicted molar refractivity (Wildman–Crippen MR) is 40.3 cm³/mol. The summed E-state index contributed by atoms with van der Waals surface area (Å²) in [7, 11) is 3.46. The van der Waals surface area contributed by atoms with Gasteiger partial charge in [0.25, 0.3) is 0 Å². The molecule has 2 rings (SSSR count). The molecule has 1 radical (unpaired) electrons. The average Bonchev–Trinajstić information content (AvgIpc) is 2.46. The van der Waals surface area contributed by atoms with E-state index >= 15 is 0 Å². The second-order valence-corrected chi connectivity index (χ2v) is 4.00. The van der Waals surface area contributed by atoms with Gasteiger partial charge in [0, 0.05) is 0 Å². The Bertz CT molecular complexity index is 123. The van der Waals surface area contributed by atoms with E-state index in [4.69, 9.17) is 4.74 Å². The van der Waals surface area contributed by atoms with Crippen LogP contribution in [0.3, 0.4) is 0 Å². The minimum absolute atomic E-state index is 0.576. The molecule has 2 aliphatic carbocycles. The molecule has 0 heterocycles. The molecule has 0 unspecified atom stereocenters. The average molecular weight is 139 g/mol. The van der Waals surface area contributed by atoms with Crippen molar-refractivity contribution in [1.82, 2.24) is 0 Å². The Morgan fingerprint density at radius 2 is 2.10 bits per heavy atom. The van der Waals surface area contributed by atoms with E-state index in [-0.39, 0.29) is 0 Å². The zero-order valence-corrected chi connectivity index (χ0v) is 6.44. The Kier molecular flexibility index (Phi) is 1.48. The van der Waals surface area contributed by atoms with Gasteiger partial charge < -0.3 is 4.74 Å². The highest BCUT2D eigenvalue weighted by Gasteiger charge is 2.44. The maximum atomic E-state index is 5.00. The molecular formula is C9H15O. The van der Waals surface area contributed by atoms with Gasteiger partial charge in [-0.05, 0) is 43.4 Å². The number of rotatable bonds is 2. The molecule has 0 aliphatic heterocycles. The van der Waals surface area contributed by atoms with Gasteiger partial charge in [-0.2, -0.15) is 0 Å². The van der Waals surface area contributed by atoms with Gasteiger partial charge in [0.15, 0.2) is 0 Å². The van der Waals surface area contributed by atoms with Gasteiger partial charge in [-0.3, -0.25) is 0 Å². The third-order valence-corrected chi connectivity index (χ3v) is 3.30. The summed E-state index contributed by atoms with van der Waals surface area (Å²) in [5.74, 6) is 1.04. The van der Waals surface area contributed by atoms with Crippen LogP contribution in [0.5, 0.6) is 0 Å². The molecule has 1 heteroatoms. The SMILES string of the molecule is [CH2]OCC12CCC(CC1)C2. The molecule has 0 amide bonds. The van der Waals surface area contributed by atoms with E-state index in [0.717, 1.165) is 12.5 Å². The Balaban J connectivity index is 2.01. The summed E-state index contributed by atoms with van der Waals surface area (Å²) in [6, 6.07) is 0. The van der Waals surface area contributed by atoms with Crippen molar-refractivity contribution < 1.29 is 4.74 Å². The van der Waals surface area contributed by atoms with Gasteiger partial charge in [-0.15, -0.1) is 0 Å². The van der Waals surface area contributed by atoms with Crippen LogP contribution in [-0.4, -0.2) is 6.61 Å². The van der Waals surface area contributed by atoms with Crippen molar-refractivity contribution in [2.45, 2.75) is 32.1 Å². The predicted octanol–water partition coefficient (Wildman–Crippen LogP) is 2.37. The Morgan fingerprint density at radius 3 is 2.50 bits per heavy atom. The van der Waals surface area contributed by atoms with Crippen LogP contribution < -0.4 is 0 Å². The second-order valence-electron chi connectivity index (χ2n) is 4.00. The summed E-state index contributed by atoms with van der Waals surface area (Å²) < 4.78 is 5.00. The fourth-order valence-electron chi connectivity index (χ4n) is 2.73. The van der Waals surface area contributed by atoms with E-state index in [1.165, 1.54) is 32.1 Å². The first-order valence-electron chi connectivity index (χ1n) is 4.22. The Labute approximate surface area is 62.8 Å². The third kappa shape index (κ3) is 0.878. The van der Waals surface area contributed by atoms with Gasteiger partial charge in [-0.25, -0.2) is 0 Å². The fourth-order valence-corrected chi connectivity index (χ4v) is 2.73. The summed E-state index contributed by atoms with van der Waals surface area (Å²) >= 11 is 0. The molecule has 1 nitrogen and oxygen atoms in total. The maximum absolute atomic E-state index is 5.00. The van der Waals surface area contributed by atoms with Crippen LogP contribution in [0.1, 0.15) is 32.1 Å². The van der Waals surface area contributed by atoms with Crippen LogP contribution in [0, 0.1) is 18.4 Å². The van der Waals surface area contributed by atoms with Crippen LogP contribution in [0.2, 0.25) is 0 Å². The van der Waals surface area contributed by atoms with E-state index in [9.17, 15) is 0 Å². The molecule has 0 aromatic rings. The lowest BCUT2D eigenvalue weighted by atomic mass is 9.85. The summed E-state index contributed by atoms with van der Waals surface area (Å²) in [5.41, 5.74) is 0.576. The number of hydrogen-bond donors (Lipinski definition) is 0. The normalized spacial score (nSPS) is 44.7. The van der Waals surface area contributed by atoms with Crippen molar-refractivity contribution in [3.8, 4) is 0 Å². The van der Waals surface area contributed by atoms with Gasteiger partial charge in [0.2, 0.25) is 0 Å². The third-order valence-electron chi connectivity index (χ3n) is 3.30. The van der Waals surface area contributed by atoms with Crippen molar-refractivity contribution >= 4 is 0 Å². The number of fused-ring (bicyclic) bond motifs is 2. The maximum Gasteiger partial charge on any atom is 0.0700 e. The van der Waals surface area contributed by atoms with Crippen molar-refractivity contribution in [2.75, 3.05) is 6.61 Å². The lowest BCUT2D eigenvalue weighted by Gasteiger charge is -2.24. The van der Waals surface area contributed by atoms with Gasteiger partial charge in [-0.1, -0.05) is 0 Å². The second kappa shape index (κ2) is 2.23. The van der Waals surface area contributed by atoms with Gasteiger partial charge in [0.1, 0.15) is 0 Å². The van der Waals surface area contributed by atoms with Crippen molar-refractivity contribution in [3.63, 3.8) is 0 Å². The molecule has 0 N–H and O–H groups in total. The van der Waals surface area contributed by atoms with E-state index in [1.54, 1.807) is 0 Å². The van der Waals surface area contributed by atoms with E-state index < -0.39 is 0 Å². The summed E-state index contributed by atoms with van der Waals surface area (Å²) in [4.78, 5) is 0. The zero-order valence-electron chi connectivity index (χ0n) is 6.44. The molecule has 0 atom stereocenters. The summed E-state index contributed by atoms with van der Waals surface area (Å²) in [6.45, 7) is 0.906. The highest BCUT2D eigenvalue weighted by atomic mass is 16.5. The molecule has 0 aromatic heterocycles. The lowest BCUT2D eigenvalue weighted by Crippen LogP contribution is -2.19. The van der Waals surface area contributed by atoms with Crippen LogP contribution in [0.15, 0.2) is 0 Å². The van der Waals surface area contributed by atoms with Crippen molar-refractivity contribution in [3.05, 3.63) is 7.11 Å². The fraction of sp³-hybridized carbons (Fsp3) is 0.889. The first-order valence-corrected chi connectivity index (χ1v) is 4.22. The van der Waals surface area contributed by atoms with Gasteiger partial charge >= 0.3 is 0 Å². The zero-order chi connectivity index (χ0) is 7.03. The molecule has 0 saturated heterocycles. The molecule has 0 spiro atoms. The summed E-state index contributed by atoms with van der Waals surface area (Å²) in [6.07, 6.45) is 7.11. The molecule has 10 heavy (non-hydrogen) atoms. The van der Waals surface area contributed by atoms with Crippen LogP contribution in [0.25, 0.3) is 0 Å². The molecule has 57 valence electrons. The Morgan fingerprint density at radius 1 is 1.40 bits per heavy atom. The van der Waals surface area contributed by atoms with Crippen LogP contribution in [-0.2, 0) is 4.74 Å². The first kappa shape index (κ1) is 6.66. The summed E-state index contributed by atoms with van der Waals surface area (Å²) in [5, 5.41) is 0.